The molecule has 0 N–H and O–H groups in total. The number of nitrogens with zero attached hydrogens (tertiary/aromatic N) is 2. The van der Waals surface area contributed by atoms with Crippen LogP contribution < -0.4 is 0 Å². The Morgan fingerprint density at radius 3 is 2.64 bits per heavy atom. The van der Waals surface area contributed by atoms with Crippen LogP contribution in [0.3, 0.4) is 0 Å². The largest absolute Gasteiger partial charge is 0.545 e. The molecule has 0 aliphatic rings. The molecule has 1 aromatic carbocycles. The Kier molecular flexibility index (Phi) is 5.66. The van der Waals surface area contributed by atoms with Gasteiger partial charge >= 0.3 is 0 Å². The molecule has 71 valence electrons. The Labute approximate surface area is 108 Å². The Morgan fingerprint density at radius 1 is 1.43 bits per heavy atom. The molecular formula is C10H10N2OY-2. The zero-order valence-corrected chi connectivity index (χ0v) is 10.8. The molecule has 0 aliphatic carbocycles. The number of fused-ring (bicyclic) bond motifs is 1. The van der Waals surface area contributed by atoms with Crippen LogP contribution >= 0.6 is 0 Å². The van der Waals surface area contributed by atoms with E-state index >= 15 is 0 Å². The molecule has 14 heavy (non-hydrogen) atoms. The van der Waals surface area contributed by atoms with Crippen molar-refractivity contribution in [3.05, 3.63) is 37.0 Å². The summed E-state index contributed by atoms with van der Waals surface area (Å²) in [6.07, 6.45) is 1.92. The molecule has 0 saturated heterocycles. The van der Waals surface area contributed by atoms with Crippen molar-refractivity contribution in [1.29, 1.82) is 0 Å². The Balaban J connectivity index is 0.000000531. The van der Waals surface area contributed by atoms with E-state index in [0.717, 1.165) is 10.9 Å². The molecule has 1 heterocycles. The molecule has 0 saturated carbocycles. The number of rotatable bonds is 0. The van der Waals surface area contributed by atoms with Crippen molar-refractivity contribution >= 4 is 17.7 Å². The summed E-state index contributed by atoms with van der Waals surface area (Å²) >= 11 is 0. The maximum Gasteiger partial charge on any atom is 0.0743 e. The number of aryl methyl sites for hydroxylation is 1. The Morgan fingerprint density at radius 2 is 2.07 bits per heavy atom. The summed E-state index contributed by atoms with van der Waals surface area (Å²) < 4.78 is 1.59. The zero-order valence-electron chi connectivity index (χ0n) is 7.97. The number of benzene rings is 1. The molecule has 0 atom stereocenters. The van der Waals surface area contributed by atoms with Gasteiger partial charge in [0.1, 0.15) is 0 Å². The minimum atomic E-state index is 0. The smallest absolute Gasteiger partial charge is 0.0743 e. The van der Waals surface area contributed by atoms with Gasteiger partial charge in [0.05, 0.1) is 5.52 Å². The van der Waals surface area contributed by atoms with Gasteiger partial charge in [-0.2, -0.15) is 7.05 Å². The molecule has 1 aromatic heterocycles. The fourth-order valence-electron chi connectivity index (χ4n) is 1.24. The van der Waals surface area contributed by atoms with Gasteiger partial charge in [0, 0.05) is 32.7 Å². The molecule has 2 rings (SSSR count). The summed E-state index contributed by atoms with van der Waals surface area (Å²) in [5, 5.41) is 5.37. The van der Waals surface area contributed by atoms with Crippen molar-refractivity contribution in [2.75, 3.05) is 0 Å². The van der Waals surface area contributed by atoms with E-state index in [-0.39, 0.29) is 32.7 Å². The van der Waals surface area contributed by atoms with E-state index in [9.17, 15) is 0 Å². The number of hydrogen-bond acceptors (Lipinski definition) is 2. The minimum absolute atomic E-state index is 0. The van der Waals surface area contributed by atoms with Gasteiger partial charge in [-0.3, -0.25) is 6.79 Å². The molecule has 0 fully saturated rings. The average Bonchev–Trinajstić information content (AvgIpc) is 2.51. The van der Waals surface area contributed by atoms with Crippen LogP contribution in [0.1, 0.15) is 5.56 Å². The van der Waals surface area contributed by atoms with Crippen LogP contribution in [-0.4, -0.2) is 16.6 Å². The van der Waals surface area contributed by atoms with Crippen LogP contribution in [0.25, 0.3) is 10.9 Å². The first-order valence-electron chi connectivity index (χ1n) is 3.77. The van der Waals surface area contributed by atoms with Gasteiger partial charge in [0.15, 0.2) is 0 Å². The maximum atomic E-state index is 7.75. The van der Waals surface area contributed by atoms with E-state index in [4.69, 9.17) is 4.79 Å². The third kappa shape index (κ3) is 2.66. The van der Waals surface area contributed by atoms with Crippen molar-refractivity contribution in [2.45, 2.75) is 6.92 Å². The topological polar surface area (TPSA) is 34.9 Å². The van der Waals surface area contributed by atoms with Crippen molar-refractivity contribution in [3.8, 4) is 0 Å². The predicted octanol–water partition coefficient (Wildman–Crippen LogP) is 1.71. The molecule has 0 bridgehead atoms. The SMILES string of the molecule is [CH-]=O.[CH2-]n1cc2cccc(C)c2n1.[Y]. The first kappa shape index (κ1) is 13.3. The fraction of sp³-hybridized carbons (Fsp3) is 0.100. The summed E-state index contributed by atoms with van der Waals surface area (Å²) in [5.74, 6) is 0. The molecule has 0 amide bonds. The van der Waals surface area contributed by atoms with Crippen LogP contribution in [-0.2, 0) is 37.5 Å². The van der Waals surface area contributed by atoms with E-state index in [2.05, 4.69) is 31.9 Å². The third-order valence-electron chi connectivity index (χ3n) is 1.79. The molecule has 2 aromatic rings. The second kappa shape index (κ2) is 5.94. The van der Waals surface area contributed by atoms with E-state index in [1.54, 1.807) is 4.68 Å². The van der Waals surface area contributed by atoms with Crippen LogP contribution in [0.5, 0.6) is 0 Å². The summed E-state index contributed by atoms with van der Waals surface area (Å²) in [4.78, 5) is 7.75. The van der Waals surface area contributed by atoms with Crippen molar-refractivity contribution in [2.24, 2.45) is 0 Å². The number of aromatic nitrogens is 2. The summed E-state index contributed by atoms with van der Waals surface area (Å²) in [5.41, 5.74) is 2.24. The number of hydrogen-bond donors (Lipinski definition) is 0. The Bertz CT molecular complexity index is 411. The molecule has 0 spiro atoms. The van der Waals surface area contributed by atoms with Crippen molar-refractivity contribution < 1.29 is 37.5 Å². The van der Waals surface area contributed by atoms with Gasteiger partial charge in [0.2, 0.25) is 0 Å². The zero-order chi connectivity index (χ0) is 9.84. The normalized spacial score (nSPS) is 8.64. The second-order valence-corrected chi connectivity index (χ2v) is 2.68. The average molecular weight is 263 g/mol. The standard InChI is InChI=1S/C9H9N2.CHO.Y/c1-7-4-3-5-8-6-11(2)10-9(7)8;1-2;/h3-6H,2H2,1H3;1H;/q2*-1;. The maximum absolute atomic E-state index is 7.75. The molecule has 1 radical (unpaired) electrons. The quantitative estimate of drug-likeness (QED) is 0.535. The van der Waals surface area contributed by atoms with Gasteiger partial charge < -0.3 is 9.48 Å². The Hall–Kier alpha value is -0.666. The van der Waals surface area contributed by atoms with E-state index in [0.29, 0.717) is 0 Å². The first-order valence-corrected chi connectivity index (χ1v) is 3.77. The van der Waals surface area contributed by atoms with Crippen molar-refractivity contribution in [3.63, 3.8) is 0 Å². The monoisotopic (exact) mass is 263 g/mol. The van der Waals surface area contributed by atoms with Crippen LogP contribution in [0.15, 0.2) is 24.4 Å². The van der Waals surface area contributed by atoms with Gasteiger partial charge in [-0.25, -0.2) is 5.10 Å². The summed E-state index contributed by atoms with van der Waals surface area (Å²) in [6, 6.07) is 6.12. The molecule has 0 unspecified atom stereocenters. The van der Waals surface area contributed by atoms with E-state index < -0.39 is 0 Å². The summed E-state index contributed by atoms with van der Waals surface area (Å²) in [7, 11) is 3.70. The molecular weight excluding hydrogens is 253 g/mol. The third-order valence-corrected chi connectivity index (χ3v) is 1.79. The van der Waals surface area contributed by atoms with Crippen LogP contribution in [0.4, 0.5) is 0 Å². The van der Waals surface area contributed by atoms with Gasteiger partial charge in [-0.1, -0.05) is 23.6 Å². The van der Waals surface area contributed by atoms with Gasteiger partial charge in [-0.05, 0) is 12.5 Å². The fourth-order valence-corrected chi connectivity index (χ4v) is 1.24. The van der Waals surface area contributed by atoms with E-state index in [1.807, 2.05) is 18.3 Å². The summed E-state index contributed by atoms with van der Waals surface area (Å²) in [6.45, 7) is 5.30. The molecule has 3 nitrogen and oxygen atoms in total. The molecule has 4 heteroatoms. The molecule has 0 aliphatic heterocycles. The minimum Gasteiger partial charge on any atom is -0.545 e. The van der Waals surface area contributed by atoms with Gasteiger partial charge in [-0.15, -0.1) is 6.20 Å². The van der Waals surface area contributed by atoms with Crippen LogP contribution in [0.2, 0.25) is 0 Å². The van der Waals surface area contributed by atoms with Crippen LogP contribution in [0, 0.1) is 14.0 Å². The van der Waals surface area contributed by atoms with Gasteiger partial charge in [0.25, 0.3) is 0 Å². The van der Waals surface area contributed by atoms with E-state index in [1.165, 1.54) is 5.56 Å². The second-order valence-electron chi connectivity index (χ2n) is 2.68. The predicted molar refractivity (Wildman–Crippen MR) is 52.0 cm³/mol. The van der Waals surface area contributed by atoms with Crippen molar-refractivity contribution in [1.82, 2.24) is 9.78 Å². The first-order chi connectivity index (χ1) is 6.27. The number of carbonyl (C=O) groups excluding carboxylic acids is 1.